The zero-order valence-electron chi connectivity index (χ0n) is 18.8. The van der Waals surface area contributed by atoms with Crippen LogP contribution in [0.2, 0.25) is 0 Å². The van der Waals surface area contributed by atoms with E-state index in [-0.39, 0.29) is 18.7 Å². The van der Waals surface area contributed by atoms with E-state index in [1.54, 1.807) is 43.3 Å². The minimum Gasteiger partial charge on any atom is -0.394 e. The Bertz CT molecular complexity index is 1340. The number of nitrogens with zero attached hydrogens (tertiary/aromatic N) is 5. The molecule has 182 valence electrons. The minimum absolute atomic E-state index is 0.0889. The Labute approximate surface area is 204 Å². The molecule has 1 unspecified atom stereocenters. The molecule has 0 aliphatic rings. The molecule has 0 saturated carbocycles. The van der Waals surface area contributed by atoms with Crippen LogP contribution in [-0.2, 0) is 19.4 Å². The number of amides is 1. The summed E-state index contributed by atoms with van der Waals surface area (Å²) in [6, 6.07) is 11.6. The third-order valence-electron chi connectivity index (χ3n) is 5.01. The smallest absolute Gasteiger partial charge is 0.251 e. The number of thiophene rings is 1. The predicted molar refractivity (Wildman–Crippen MR) is 129 cm³/mol. The van der Waals surface area contributed by atoms with E-state index in [0.717, 1.165) is 0 Å². The van der Waals surface area contributed by atoms with Crippen molar-refractivity contribution in [3.05, 3.63) is 70.9 Å². The number of rotatable bonds is 10. The van der Waals surface area contributed by atoms with E-state index < -0.39 is 17.8 Å². The number of pyridine rings is 1. The zero-order chi connectivity index (χ0) is 24.9. The van der Waals surface area contributed by atoms with Gasteiger partial charge in [-0.15, -0.1) is 21.5 Å². The van der Waals surface area contributed by atoms with Crippen molar-refractivity contribution in [2.24, 2.45) is 5.73 Å². The fourth-order valence-corrected chi connectivity index (χ4v) is 4.58. The molecule has 1 amide bonds. The quantitative estimate of drug-likeness (QED) is 0.260. The van der Waals surface area contributed by atoms with Crippen LogP contribution in [0.3, 0.4) is 0 Å². The fraction of sp³-hybridized carbons (Fsp3) is 0.261. The third-order valence-corrected chi connectivity index (χ3v) is 6.09. The summed E-state index contributed by atoms with van der Waals surface area (Å²) in [6.07, 6.45) is 0.0883. The van der Waals surface area contributed by atoms with Crippen LogP contribution in [0.1, 0.15) is 34.4 Å². The highest BCUT2D eigenvalue weighted by atomic mass is 32.1. The van der Waals surface area contributed by atoms with E-state index in [1.165, 1.54) is 22.2 Å². The molecule has 1 atom stereocenters. The molecule has 0 aliphatic carbocycles. The molecule has 4 aromatic rings. The van der Waals surface area contributed by atoms with Crippen molar-refractivity contribution < 1.29 is 19.4 Å². The van der Waals surface area contributed by atoms with Gasteiger partial charge in [0.2, 0.25) is 0 Å². The van der Waals surface area contributed by atoms with Crippen LogP contribution in [0, 0.1) is 5.82 Å². The number of carbonyl (C=O) groups is 1. The van der Waals surface area contributed by atoms with Crippen molar-refractivity contribution in [1.82, 2.24) is 25.2 Å². The van der Waals surface area contributed by atoms with E-state index in [1.807, 2.05) is 0 Å². The van der Waals surface area contributed by atoms with Gasteiger partial charge in [-0.1, -0.05) is 18.2 Å². The Morgan fingerprint density at radius 3 is 2.83 bits per heavy atom. The van der Waals surface area contributed by atoms with Crippen molar-refractivity contribution in [3.8, 4) is 10.4 Å². The predicted octanol–water partition coefficient (Wildman–Crippen LogP) is 2.28. The number of aromatic nitrogens is 5. The Balaban J connectivity index is 1.57. The largest absolute Gasteiger partial charge is 0.394 e. The lowest BCUT2D eigenvalue weighted by atomic mass is 10.0. The zero-order valence-corrected chi connectivity index (χ0v) is 19.7. The van der Waals surface area contributed by atoms with Crippen molar-refractivity contribution in [1.29, 1.82) is 0 Å². The molecule has 12 heteroatoms. The van der Waals surface area contributed by atoms with Gasteiger partial charge in [0.25, 0.3) is 5.91 Å². The number of carbonyl (C=O) groups excluding carboxylic acids is 1. The van der Waals surface area contributed by atoms with Gasteiger partial charge in [0, 0.05) is 10.4 Å². The summed E-state index contributed by atoms with van der Waals surface area (Å²) in [5.74, 6) is -0.182. The fourth-order valence-electron chi connectivity index (χ4n) is 3.48. The normalized spacial score (nSPS) is 12.0. The molecule has 0 aliphatic heterocycles. The second-order valence-corrected chi connectivity index (χ2v) is 8.98. The van der Waals surface area contributed by atoms with E-state index in [9.17, 15) is 14.3 Å². The highest BCUT2D eigenvalue weighted by Crippen LogP contribution is 2.38. The van der Waals surface area contributed by atoms with Crippen LogP contribution in [0.25, 0.3) is 10.4 Å². The van der Waals surface area contributed by atoms with Gasteiger partial charge in [-0.05, 0) is 48.4 Å². The maximum absolute atomic E-state index is 14.8. The molecule has 35 heavy (non-hydrogen) atoms. The first-order valence-corrected chi connectivity index (χ1v) is 11.6. The molecule has 1 aromatic carbocycles. The van der Waals surface area contributed by atoms with Gasteiger partial charge in [0.05, 0.1) is 36.9 Å². The van der Waals surface area contributed by atoms with Crippen LogP contribution >= 0.6 is 11.3 Å². The molecular formula is C23H24FN7O3S. The number of benzene rings is 1. The minimum atomic E-state index is -0.651. The summed E-state index contributed by atoms with van der Waals surface area (Å²) in [5.41, 5.74) is 7.47. The number of tetrazole rings is 1. The van der Waals surface area contributed by atoms with Crippen LogP contribution in [-0.4, -0.2) is 54.0 Å². The number of anilines is 2. The Morgan fingerprint density at radius 1 is 1.29 bits per heavy atom. The van der Waals surface area contributed by atoms with Gasteiger partial charge >= 0.3 is 0 Å². The van der Waals surface area contributed by atoms with Crippen molar-refractivity contribution in [2.45, 2.75) is 32.4 Å². The SMILES string of the molecule is CC(O)Cc1ccc(-c2cc(C(N)=O)c(Nc3cccc(Cc4nnn(CCO)n4)n3)s2)c(F)c1. The second kappa shape index (κ2) is 10.7. The van der Waals surface area contributed by atoms with Crippen LogP contribution in [0.4, 0.5) is 15.2 Å². The number of halogens is 1. The van der Waals surface area contributed by atoms with Crippen LogP contribution < -0.4 is 11.1 Å². The Kier molecular flexibility index (Phi) is 7.44. The van der Waals surface area contributed by atoms with Gasteiger partial charge in [0.1, 0.15) is 16.6 Å². The summed E-state index contributed by atoms with van der Waals surface area (Å²) in [5, 5.41) is 34.1. The molecule has 0 radical (unpaired) electrons. The van der Waals surface area contributed by atoms with Gasteiger partial charge in [-0.25, -0.2) is 9.37 Å². The number of aliphatic hydroxyl groups excluding tert-OH is 2. The first-order valence-electron chi connectivity index (χ1n) is 10.8. The lowest BCUT2D eigenvalue weighted by Crippen LogP contribution is -2.11. The van der Waals surface area contributed by atoms with Gasteiger partial charge < -0.3 is 21.3 Å². The number of aliphatic hydroxyl groups is 2. The van der Waals surface area contributed by atoms with Crippen LogP contribution in [0.5, 0.6) is 0 Å². The maximum atomic E-state index is 14.8. The second-order valence-electron chi connectivity index (χ2n) is 7.93. The molecule has 10 nitrogen and oxygen atoms in total. The lowest BCUT2D eigenvalue weighted by molar-refractivity contribution is 0.100. The third kappa shape index (κ3) is 6.04. The topological polar surface area (TPSA) is 152 Å². The molecule has 0 saturated heterocycles. The maximum Gasteiger partial charge on any atom is 0.251 e. The summed E-state index contributed by atoms with van der Waals surface area (Å²) < 4.78 is 14.8. The number of nitrogens with one attached hydrogen (secondary N) is 1. The molecule has 0 fully saturated rings. The molecule has 4 rings (SSSR count). The molecule has 3 heterocycles. The average Bonchev–Trinajstić information content (AvgIpc) is 3.41. The van der Waals surface area contributed by atoms with E-state index >= 15 is 0 Å². The summed E-state index contributed by atoms with van der Waals surface area (Å²) in [7, 11) is 0. The highest BCUT2D eigenvalue weighted by Gasteiger charge is 2.18. The molecule has 5 N–H and O–H groups in total. The van der Waals surface area contributed by atoms with Gasteiger partial charge in [0.15, 0.2) is 5.82 Å². The summed E-state index contributed by atoms with van der Waals surface area (Å²) >= 11 is 1.19. The number of nitrogens with two attached hydrogens (primary N) is 1. The Morgan fingerprint density at radius 2 is 2.11 bits per heavy atom. The standard InChI is InChI=1S/C23H24FN7O3S/c1-13(33)9-14-5-6-16(18(24)10-14)19-12-17(22(25)34)23(35-19)27-20-4-2-3-15(26-20)11-21-28-30-31(29-21)7-8-32/h2-6,10,12-13,32-33H,7-9,11H2,1H3,(H2,25,34)(H,26,27). The first-order chi connectivity index (χ1) is 16.8. The summed E-state index contributed by atoms with van der Waals surface area (Å²) in [6.45, 7) is 1.80. The van der Waals surface area contributed by atoms with Crippen molar-refractivity contribution in [2.75, 3.05) is 11.9 Å². The number of primary amides is 1. The van der Waals surface area contributed by atoms with Gasteiger partial charge in [-0.3, -0.25) is 4.79 Å². The monoisotopic (exact) mass is 497 g/mol. The molecular weight excluding hydrogens is 473 g/mol. The first kappa shape index (κ1) is 24.4. The van der Waals surface area contributed by atoms with E-state index in [2.05, 4.69) is 25.7 Å². The molecule has 3 aromatic heterocycles. The summed E-state index contributed by atoms with van der Waals surface area (Å²) in [4.78, 5) is 18.5. The van der Waals surface area contributed by atoms with Crippen molar-refractivity contribution in [3.63, 3.8) is 0 Å². The van der Waals surface area contributed by atoms with Crippen LogP contribution in [0.15, 0.2) is 42.5 Å². The number of hydrogen-bond acceptors (Lipinski definition) is 9. The van der Waals surface area contributed by atoms with E-state index in [0.29, 0.717) is 51.2 Å². The Hall–Kier alpha value is -3.74. The average molecular weight is 498 g/mol. The lowest BCUT2D eigenvalue weighted by Gasteiger charge is -2.07. The molecule has 0 bridgehead atoms. The van der Waals surface area contributed by atoms with E-state index in [4.69, 9.17) is 10.8 Å². The highest BCUT2D eigenvalue weighted by molar-refractivity contribution is 7.19. The number of hydrogen-bond donors (Lipinski definition) is 4. The van der Waals surface area contributed by atoms with Crippen molar-refractivity contribution >= 4 is 28.1 Å². The van der Waals surface area contributed by atoms with Gasteiger partial charge in [-0.2, -0.15) is 4.80 Å². The molecule has 0 spiro atoms.